The van der Waals surface area contributed by atoms with E-state index in [4.69, 9.17) is 5.73 Å². The van der Waals surface area contributed by atoms with Crippen LogP contribution in [0.4, 0.5) is 13.2 Å². The SMILES string of the molecule is NCC1CC(C(F)(F)F)N(C2CC2)C1. The van der Waals surface area contributed by atoms with Crippen LogP contribution in [0, 0.1) is 5.92 Å². The third-order valence-corrected chi connectivity index (χ3v) is 3.15. The van der Waals surface area contributed by atoms with Gasteiger partial charge >= 0.3 is 6.18 Å². The highest BCUT2D eigenvalue weighted by Crippen LogP contribution is 2.41. The maximum absolute atomic E-state index is 12.6. The fourth-order valence-corrected chi connectivity index (χ4v) is 2.25. The molecule has 0 aromatic heterocycles. The van der Waals surface area contributed by atoms with Crippen molar-refractivity contribution in [2.45, 2.75) is 37.5 Å². The molecule has 14 heavy (non-hydrogen) atoms. The van der Waals surface area contributed by atoms with E-state index in [-0.39, 0.29) is 18.4 Å². The molecule has 1 saturated heterocycles. The second kappa shape index (κ2) is 3.38. The van der Waals surface area contributed by atoms with E-state index in [1.165, 1.54) is 0 Å². The molecule has 2 N–H and O–H groups in total. The lowest BCUT2D eigenvalue weighted by molar-refractivity contribution is -0.177. The molecule has 2 aliphatic rings. The summed E-state index contributed by atoms with van der Waals surface area (Å²) in [6.07, 6.45) is -2.04. The van der Waals surface area contributed by atoms with Gasteiger partial charge < -0.3 is 5.73 Å². The molecule has 0 aromatic carbocycles. The Morgan fingerprint density at radius 3 is 2.36 bits per heavy atom. The largest absolute Gasteiger partial charge is 0.404 e. The number of alkyl halides is 3. The Morgan fingerprint density at radius 1 is 1.29 bits per heavy atom. The topological polar surface area (TPSA) is 29.3 Å². The summed E-state index contributed by atoms with van der Waals surface area (Å²) in [5, 5.41) is 0. The number of rotatable bonds is 2. The van der Waals surface area contributed by atoms with Crippen molar-refractivity contribution in [3.63, 3.8) is 0 Å². The van der Waals surface area contributed by atoms with Gasteiger partial charge in [0, 0.05) is 12.6 Å². The van der Waals surface area contributed by atoms with Crippen molar-refractivity contribution in [3.8, 4) is 0 Å². The lowest BCUT2D eigenvalue weighted by Crippen LogP contribution is -2.42. The summed E-state index contributed by atoms with van der Waals surface area (Å²) in [5.41, 5.74) is 5.43. The van der Waals surface area contributed by atoms with E-state index in [9.17, 15) is 13.2 Å². The summed E-state index contributed by atoms with van der Waals surface area (Å²) >= 11 is 0. The minimum absolute atomic E-state index is 0.0298. The van der Waals surface area contributed by atoms with Crippen molar-refractivity contribution in [3.05, 3.63) is 0 Å². The number of nitrogens with two attached hydrogens (primary N) is 1. The maximum Gasteiger partial charge on any atom is 0.404 e. The van der Waals surface area contributed by atoms with Crippen molar-refractivity contribution in [2.75, 3.05) is 13.1 Å². The molecule has 2 unspecified atom stereocenters. The number of hydrogen-bond donors (Lipinski definition) is 1. The second-order valence-electron chi connectivity index (χ2n) is 4.32. The van der Waals surface area contributed by atoms with Gasteiger partial charge in [0.15, 0.2) is 0 Å². The molecule has 2 fully saturated rings. The van der Waals surface area contributed by atoms with Gasteiger partial charge in [-0.3, -0.25) is 4.90 Å². The molecule has 0 amide bonds. The molecule has 2 atom stereocenters. The predicted octanol–water partition coefficient (Wildman–Crippen LogP) is 1.36. The molecular formula is C9H15F3N2. The van der Waals surface area contributed by atoms with Crippen LogP contribution in [0.15, 0.2) is 0 Å². The third kappa shape index (κ3) is 1.88. The van der Waals surface area contributed by atoms with Crippen LogP contribution in [0.3, 0.4) is 0 Å². The van der Waals surface area contributed by atoms with Crippen LogP contribution in [0.1, 0.15) is 19.3 Å². The Morgan fingerprint density at radius 2 is 1.93 bits per heavy atom. The lowest BCUT2D eigenvalue weighted by Gasteiger charge is -2.25. The Hall–Kier alpha value is -0.290. The average molecular weight is 208 g/mol. The van der Waals surface area contributed by atoms with E-state index in [0.717, 1.165) is 12.8 Å². The van der Waals surface area contributed by atoms with Crippen molar-refractivity contribution >= 4 is 0 Å². The minimum Gasteiger partial charge on any atom is -0.330 e. The van der Waals surface area contributed by atoms with Crippen molar-refractivity contribution in [1.29, 1.82) is 0 Å². The Bertz CT molecular complexity index is 213. The molecule has 2 rings (SSSR count). The second-order valence-corrected chi connectivity index (χ2v) is 4.32. The van der Waals surface area contributed by atoms with Crippen molar-refractivity contribution in [1.82, 2.24) is 4.90 Å². The average Bonchev–Trinajstić information content (AvgIpc) is 2.83. The predicted molar refractivity (Wildman–Crippen MR) is 46.7 cm³/mol. The molecule has 1 aliphatic carbocycles. The molecule has 5 heteroatoms. The summed E-state index contributed by atoms with van der Waals surface area (Å²) in [4.78, 5) is 1.61. The van der Waals surface area contributed by atoms with Gasteiger partial charge in [-0.15, -0.1) is 0 Å². The van der Waals surface area contributed by atoms with Crippen LogP contribution in [0.25, 0.3) is 0 Å². The fraction of sp³-hybridized carbons (Fsp3) is 1.00. The first-order valence-electron chi connectivity index (χ1n) is 5.05. The van der Waals surface area contributed by atoms with Crippen LogP contribution in [0.2, 0.25) is 0 Å². The number of nitrogens with zero attached hydrogens (tertiary/aromatic N) is 1. The van der Waals surface area contributed by atoms with E-state index in [1.54, 1.807) is 4.90 Å². The first kappa shape index (κ1) is 10.2. The summed E-state index contributed by atoms with van der Waals surface area (Å²) in [5.74, 6) is 0.0298. The minimum atomic E-state index is -4.08. The standard InChI is InChI=1S/C9H15F3N2/c10-9(11,12)8-3-6(4-13)5-14(8)7-1-2-7/h6-8H,1-5,13H2. The Balaban J connectivity index is 2.05. The van der Waals surface area contributed by atoms with Gasteiger partial charge in [-0.05, 0) is 31.7 Å². The van der Waals surface area contributed by atoms with Crippen LogP contribution >= 0.6 is 0 Å². The smallest absolute Gasteiger partial charge is 0.330 e. The summed E-state index contributed by atoms with van der Waals surface area (Å²) < 4.78 is 37.9. The van der Waals surface area contributed by atoms with Crippen LogP contribution < -0.4 is 5.73 Å². The highest BCUT2D eigenvalue weighted by Gasteiger charge is 2.52. The number of likely N-dealkylation sites (tertiary alicyclic amines) is 1. The number of hydrogen-bond acceptors (Lipinski definition) is 2. The van der Waals surface area contributed by atoms with Gasteiger partial charge in [0.2, 0.25) is 0 Å². The quantitative estimate of drug-likeness (QED) is 0.742. The zero-order chi connectivity index (χ0) is 10.3. The highest BCUT2D eigenvalue weighted by molar-refractivity contribution is 4.98. The first-order chi connectivity index (χ1) is 6.52. The molecule has 0 spiro atoms. The van der Waals surface area contributed by atoms with E-state index in [0.29, 0.717) is 13.1 Å². The molecule has 1 heterocycles. The molecule has 82 valence electrons. The van der Waals surface area contributed by atoms with Gasteiger partial charge in [0.05, 0.1) is 0 Å². The van der Waals surface area contributed by atoms with Gasteiger partial charge in [-0.25, -0.2) is 0 Å². The van der Waals surface area contributed by atoms with Gasteiger partial charge in [-0.1, -0.05) is 0 Å². The van der Waals surface area contributed by atoms with E-state index in [2.05, 4.69) is 0 Å². The summed E-state index contributed by atoms with van der Waals surface area (Å²) in [6.45, 7) is 0.904. The zero-order valence-corrected chi connectivity index (χ0v) is 7.93. The molecule has 1 saturated carbocycles. The van der Waals surface area contributed by atoms with Gasteiger partial charge in [0.25, 0.3) is 0 Å². The van der Waals surface area contributed by atoms with E-state index < -0.39 is 12.2 Å². The van der Waals surface area contributed by atoms with E-state index >= 15 is 0 Å². The Labute approximate surface area is 81.2 Å². The monoisotopic (exact) mass is 208 g/mol. The van der Waals surface area contributed by atoms with Crippen molar-refractivity contribution < 1.29 is 13.2 Å². The molecule has 0 bridgehead atoms. The maximum atomic E-state index is 12.6. The van der Waals surface area contributed by atoms with Crippen LogP contribution in [0.5, 0.6) is 0 Å². The van der Waals surface area contributed by atoms with Crippen LogP contribution in [-0.2, 0) is 0 Å². The third-order valence-electron chi connectivity index (χ3n) is 3.15. The highest BCUT2D eigenvalue weighted by atomic mass is 19.4. The molecule has 2 nitrogen and oxygen atoms in total. The van der Waals surface area contributed by atoms with Gasteiger partial charge in [-0.2, -0.15) is 13.2 Å². The summed E-state index contributed by atoms with van der Waals surface area (Å²) in [6, 6.07) is -1.05. The fourth-order valence-electron chi connectivity index (χ4n) is 2.25. The molecule has 0 aromatic rings. The van der Waals surface area contributed by atoms with Crippen LogP contribution in [-0.4, -0.2) is 36.2 Å². The van der Waals surface area contributed by atoms with Crippen molar-refractivity contribution in [2.24, 2.45) is 11.7 Å². The zero-order valence-electron chi connectivity index (χ0n) is 7.93. The normalized spacial score (nSPS) is 35.1. The van der Waals surface area contributed by atoms with Gasteiger partial charge in [0.1, 0.15) is 6.04 Å². The Kier molecular flexibility index (Phi) is 2.47. The molecule has 0 radical (unpaired) electrons. The lowest BCUT2D eigenvalue weighted by atomic mass is 10.1. The number of halogens is 3. The van der Waals surface area contributed by atoms with E-state index in [1.807, 2.05) is 0 Å². The molecular weight excluding hydrogens is 193 g/mol. The first-order valence-corrected chi connectivity index (χ1v) is 5.05. The summed E-state index contributed by atoms with van der Waals surface area (Å²) in [7, 11) is 0. The molecule has 1 aliphatic heterocycles.